The number of rotatable bonds is 9. The normalized spacial score (nSPS) is 10.2. The van der Waals surface area contributed by atoms with Gasteiger partial charge in [-0.15, -0.1) is 0 Å². The number of Topliss-reactive ketones (excluding diaryl/α,β-unsaturated/α-hetero) is 1. The van der Waals surface area contributed by atoms with E-state index in [-0.39, 0.29) is 77.7 Å². The molecule has 23 heteroatoms. The average molecular weight is 1050 g/mol. The van der Waals surface area contributed by atoms with Crippen LogP contribution < -0.4 is 49.9 Å². The van der Waals surface area contributed by atoms with Crippen LogP contribution in [0.1, 0.15) is 148 Å². The number of hydrogen-bond donors (Lipinski definition) is 7. The van der Waals surface area contributed by atoms with E-state index in [1.165, 1.54) is 42.4 Å². The first-order valence-electron chi connectivity index (χ1n) is 24.4. The number of hydrogen-bond acceptors (Lipinski definition) is 14. The van der Waals surface area contributed by atoms with Crippen molar-refractivity contribution in [3.05, 3.63) is 101 Å². The minimum atomic E-state index is -0.521. The van der Waals surface area contributed by atoms with Crippen LogP contribution >= 0.6 is 0 Å². The highest BCUT2D eigenvalue weighted by Gasteiger charge is 2.16. The quantitative estimate of drug-likeness (QED) is 0.102. The fourth-order valence-electron chi connectivity index (χ4n) is 6.58. The third-order valence-corrected chi connectivity index (χ3v) is 10.4. The van der Waals surface area contributed by atoms with Crippen molar-refractivity contribution in [3.8, 4) is 47.4 Å². The number of H-pyrrole nitrogens is 2. The van der Waals surface area contributed by atoms with E-state index in [1.54, 1.807) is 20.0 Å². The minimum absolute atomic E-state index is 0.0125. The summed E-state index contributed by atoms with van der Waals surface area (Å²) >= 11 is 0. The average Bonchev–Trinajstić information content (AvgIpc) is 3.91. The maximum atomic E-state index is 12.2. The zero-order valence-electron chi connectivity index (χ0n) is 45.7. The number of anilines is 2. The molecule has 6 rings (SSSR count). The van der Waals surface area contributed by atoms with Gasteiger partial charge in [0.2, 0.25) is 17.7 Å². The molecule has 0 spiro atoms. The number of aromatic nitrogens is 10. The van der Waals surface area contributed by atoms with E-state index in [1.807, 2.05) is 63.1 Å². The lowest BCUT2D eigenvalue weighted by Crippen LogP contribution is -2.32. The Morgan fingerprint density at radius 3 is 1.51 bits per heavy atom. The van der Waals surface area contributed by atoms with Gasteiger partial charge in [0.15, 0.2) is 0 Å². The number of nitrogens with one attached hydrogen (secondary N) is 5. The van der Waals surface area contributed by atoms with Crippen LogP contribution in [0.4, 0.5) is 11.6 Å². The zero-order chi connectivity index (χ0) is 57.7. The largest absolute Gasteiger partial charge is 0.383 e. The number of amides is 3. The summed E-state index contributed by atoms with van der Waals surface area (Å²) in [7, 11) is 0. The Morgan fingerprint density at radius 1 is 0.545 bits per heavy atom. The zero-order valence-corrected chi connectivity index (χ0v) is 45.7. The van der Waals surface area contributed by atoms with E-state index in [2.05, 4.69) is 107 Å². The first kappa shape index (κ1) is 61.8. The lowest BCUT2D eigenvalue weighted by Gasteiger charge is -2.09. The van der Waals surface area contributed by atoms with Gasteiger partial charge in [-0.25, -0.2) is 24.5 Å². The molecular weight excluding hydrogens is 987 g/mol. The van der Waals surface area contributed by atoms with Crippen molar-refractivity contribution in [3.63, 3.8) is 0 Å². The molecule has 0 aliphatic rings. The van der Waals surface area contributed by atoms with E-state index >= 15 is 0 Å². The third kappa shape index (κ3) is 19.1. The molecule has 0 fully saturated rings. The molecule has 0 saturated heterocycles. The van der Waals surface area contributed by atoms with Gasteiger partial charge in [0.05, 0.1) is 47.1 Å². The number of carbonyl (C=O) groups excluding carboxylic acids is 4. The highest BCUT2D eigenvalue weighted by molar-refractivity contribution is 5.92. The third-order valence-electron chi connectivity index (χ3n) is 10.4. The maximum absolute atomic E-state index is 12.2. The first-order chi connectivity index (χ1) is 36.2. The second-order valence-corrected chi connectivity index (χ2v) is 18.2. The lowest BCUT2D eigenvalue weighted by molar-refractivity contribution is -0.119. The van der Waals surface area contributed by atoms with Gasteiger partial charge in [-0.05, 0) is 69.2 Å². The van der Waals surface area contributed by atoms with Gasteiger partial charge >= 0.3 is 11.4 Å². The fraction of sp³-hybridized carbons (Fsp3) is 0.407. The molecule has 0 radical (unpaired) electrons. The molecular formula is C54H67N15O8. The number of aryl methyl sites for hydroxylation is 1. The van der Waals surface area contributed by atoms with Gasteiger partial charge < -0.3 is 41.5 Å². The second kappa shape index (κ2) is 29.4. The number of nitrogens with zero attached hydrogens (tertiary/aromatic N) is 8. The van der Waals surface area contributed by atoms with Gasteiger partial charge in [-0.3, -0.25) is 42.9 Å². The Balaban J connectivity index is 0.000000271. The number of nitrogen functional groups attached to an aromatic ring is 2. The predicted molar refractivity (Wildman–Crippen MR) is 296 cm³/mol. The van der Waals surface area contributed by atoms with Crippen LogP contribution in [0.3, 0.4) is 0 Å². The summed E-state index contributed by atoms with van der Waals surface area (Å²) in [6.07, 6.45) is 9.16. The van der Waals surface area contributed by atoms with Crippen molar-refractivity contribution in [2.75, 3.05) is 31.1 Å². The Hall–Kier alpha value is -9.48. The van der Waals surface area contributed by atoms with Crippen molar-refractivity contribution in [2.45, 2.75) is 127 Å². The minimum Gasteiger partial charge on any atom is -0.383 e. The fourth-order valence-corrected chi connectivity index (χ4v) is 6.58. The first-order valence-corrected chi connectivity index (χ1v) is 24.4. The van der Waals surface area contributed by atoms with E-state index in [0.29, 0.717) is 53.2 Å². The summed E-state index contributed by atoms with van der Waals surface area (Å²) in [4.78, 5) is 111. The standard InChI is InChI=1S/C16H19N3O2.C14H17N5O.C12H16N4O2.C12H15N3O3/c1-10(2)19-9-13(8-6-5-7-11(3)20)14-15(19)17-12(4)18-16(14)21;1-9(2)19-7-11(5-4-6-16-10(3)20)12-13(15)17-8-18-14(12)19;1-8(2)16-7-10(11(13)15-12(16)18)5-4-6-14-9(3)17;1-8(2)15-7-10(11(17)14-12(15)18)5-4-6-13-9(3)16/h9-10H,5,7H2,1-4H3,(H,17,18,21);7-9H,6H2,1-3H3,(H,16,20)(H2,15,17,18);7-8H,6H2,1-3H3,(H,14,17)(H2,13,15,18);7-8H,6H2,1-3H3,(H,13,16)(H,14,17,18). The number of aromatic amines is 2. The topological polar surface area (TPSA) is 328 Å². The van der Waals surface area contributed by atoms with Gasteiger partial charge in [0.1, 0.15) is 46.4 Å². The van der Waals surface area contributed by atoms with Crippen molar-refractivity contribution >= 4 is 57.2 Å². The Bertz CT molecular complexity index is 3630. The Morgan fingerprint density at radius 2 is 1.00 bits per heavy atom. The molecule has 6 aromatic rings. The van der Waals surface area contributed by atoms with Crippen LogP contribution in [0.25, 0.3) is 22.1 Å². The molecule has 3 amide bonds. The summed E-state index contributed by atoms with van der Waals surface area (Å²) in [5.41, 5.74) is 13.5. The SMILES string of the molecule is CC(=O)CCC#Cc1cn(C(C)C)c2nc(C)[nH]c(=O)c12.CC(=O)NCC#Cc1cn(C(C)C)c(=O)[nH]c1=O.CC(=O)NCC#Cc1cn(C(C)C)c(=O)nc1N.CC(=O)NCC#Cc1cn(C(C)C)c2ncnc(N)c12. The molecule has 0 aliphatic carbocycles. The monoisotopic (exact) mass is 1050 g/mol. The van der Waals surface area contributed by atoms with E-state index < -0.39 is 16.9 Å². The number of nitrogens with two attached hydrogens (primary N) is 2. The van der Waals surface area contributed by atoms with Crippen LogP contribution in [0.2, 0.25) is 0 Å². The van der Waals surface area contributed by atoms with Crippen LogP contribution in [-0.2, 0) is 19.2 Å². The number of fused-ring (bicyclic) bond motifs is 2. The van der Waals surface area contributed by atoms with Crippen LogP contribution in [0, 0.1) is 54.3 Å². The van der Waals surface area contributed by atoms with E-state index in [4.69, 9.17) is 11.5 Å². The van der Waals surface area contributed by atoms with E-state index in [9.17, 15) is 38.4 Å². The highest BCUT2D eigenvalue weighted by Crippen LogP contribution is 2.26. The van der Waals surface area contributed by atoms with Crippen LogP contribution in [-0.4, -0.2) is 91.3 Å². The lowest BCUT2D eigenvalue weighted by atomic mass is 10.2. The van der Waals surface area contributed by atoms with Crippen LogP contribution in [0.15, 0.2) is 50.3 Å². The molecule has 406 valence electrons. The Labute approximate surface area is 445 Å². The molecule has 0 unspecified atom stereocenters. The van der Waals surface area contributed by atoms with Crippen molar-refractivity contribution < 1.29 is 19.2 Å². The van der Waals surface area contributed by atoms with Gasteiger partial charge in [-0.1, -0.05) is 47.4 Å². The van der Waals surface area contributed by atoms with Gasteiger partial charge in [0.25, 0.3) is 11.1 Å². The molecule has 0 bridgehead atoms. The van der Waals surface area contributed by atoms with Crippen molar-refractivity contribution in [1.82, 2.24) is 64.1 Å². The summed E-state index contributed by atoms with van der Waals surface area (Å²) in [5.74, 6) is 23.4. The molecule has 0 saturated carbocycles. The number of ketones is 1. The summed E-state index contributed by atoms with van der Waals surface area (Å²) in [6.45, 7) is 23.8. The predicted octanol–water partition coefficient (Wildman–Crippen LogP) is 2.92. The van der Waals surface area contributed by atoms with Crippen molar-refractivity contribution in [1.29, 1.82) is 0 Å². The number of carbonyl (C=O) groups is 4. The molecule has 77 heavy (non-hydrogen) atoms. The smallest absolute Gasteiger partial charge is 0.349 e. The van der Waals surface area contributed by atoms with Crippen molar-refractivity contribution in [2.24, 2.45) is 0 Å². The molecule has 6 heterocycles. The van der Waals surface area contributed by atoms with Gasteiger partial charge in [-0.2, -0.15) is 4.98 Å². The highest BCUT2D eigenvalue weighted by atomic mass is 16.2. The van der Waals surface area contributed by atoms with E-state index in [0.717, 1.165) is 16.6 Å². The summed E-state index contributed by atoms with van der Waals surface area (Å²) in [6, 6.07) is 0.360. The summed E-state index contributed by atoms with van der Waals surface area (Å²) in [5, 5.41) is 8.94. The molecule has 0 aliphatic heterocycles. The van der Waals surface area contributed by atoms with Crippen LogP contribution in [0.5, 0.6) is 0 Å². The summed E-state index contributed by atoms with van der Waals surface area (Å²) < 4.78 is 6.81. The maximum Gasteiger partial charge on any atom is 0.349 e. The molecule has 0 aromatic carbocycles. The van der Waals surface area contributed by atoms with Gasteiger partial charge in [0, 0.05) is 82.6 Å². The second-order valence-electron chi connectivity index (χ2n) is 18.2. The molecule has 9 N–H and O–H groups in total. The molecule has 0 atom stereocenters. The molecule has 23 nitrogen and oxygen atoms in total. The molecule has 6 aromatic heterocycles. The Kier molecular flexibility index (Phi) is 23.6.